The predicted molar refractivity (Wildman–Crippen MR) is 227 cm³/mol. The van der Waals surface area contributed by atoms with Gasteiger partial charge in [0.1, 0.15) is 0 Å². The Labute approximate surface area is 301 Å². The van der Waals surface area contributed by atoms with E-state index in [0.29, 0.717) is 5.84 Å². The van der Waals surface area contributed by atoms with Crippen molar-refractivity contribution in [3.8, 4) is 11.1 Å². The normalized spacial score (nSPS) is 13.8. The summed E-state index contributed by atoms with van der Waals surface area (Å²) >= 11 is 0. The highest BCUT2D eigenvalue weighted by atomic mass is 31.2. The zero-order chi connectivity index (χ0) is 34.4. The minimum absolute atomic E-state index is 0.711. The Bertz CT molecular complexity index is 3030. The summed E-state index contributed by atoms with van der Waals surface area (Å²) in [5.41, 5.74) is 11.3. The van der Waals surface area contributed by atoms with Gasteiger partial charge in [-0.3, -0.25) is 5.50 Å². The lowest BCUT2D eigenvalue weighted by molar-refractivity contribution is 1.56. The van der Waals surface area contributed by atoms with Gasteiger partial charge >= 0.3 is 0 Å². The third-order valence-corrected chi connectivity index (χ3v) is 15.6. The first-order chi connectivity index (χ1) is 25.7. The summed E-state index contributed by atoms with van der Waals surface area (Å²) in [6.07, 6.45) is 0. The minimum Gasteiger partial charge on any atom is -0.290 e. The van der Waals surface area contributed by atoms with E-state index in [2.05, 4.69) is 176 Å². The lowest BCUT2D eigenvalue weighted by Gasteiger charge is -2.18. The third kappa shape index (κ3) is 4.25. The van der Waals surface area contributed by atoms with E-state index in [1.807, 2.05) is 0 Å². The van der Waals surface area contributed by atoms with E-state index < -0.39 is 14.9 Å². The quantitative estimate of drug-likeness (QED) is 0.109. The van der Waals surface area contributed by atoms with Crippen LogP contribution in [0.15, 0.2) is 185 Å². The van der Waals surface area contributed by atoms with Crippen LogP contribution in [-0.4, -0.2) is 5.84 Å². The molecule has 10 aromatic rings. The van der Waals surface area contributed by atoms with Crippen LogP contribution in [0.1, 0.15) is 5.56 Å². The molecule has 0 amide bonds. The van der Waals surface area contributed by atoms with Crippen LogP contribution in [0.4, 0.5) is 0 Å². The van der Waals surface area contributed by atoms with Crippen LogP contribution in [0.25, 0.3) is 75.2 Å². The van der Waals surface area contributed by atoms with Crippen LogP contribution in [0.5, 0.6) is 0 Å². The van der Waals surface area contributed by atoms with Crippen LogP contribution in [0, 0.1) is 0 Å². The molecule has 2 heterocycles. The second-order valence-corrected chi connectivity index (χ2v) is 17.9. The number of nitrogens with zero attached hydrogens (tertiary/aromatic N) is 2. The Morgan fingerprint density at radius 1 is 0.423 bits per heavy atom. The fourth-order valence-electron chi connectivity index (χ4n) is 8.45. The van der Waals surface area contributed by atoms with Gasteiger partial charge in [0.15, 0.2) is 5.84 Å². The predicted octanol–water partition coefficient (Wildman–Crippen LogP) is 12.5. The lowest BCUT2D eigenvalue weighted by Crippen LogP contribution is -2.19. The fourth-order valence-corrected chi connectivity index (χ4v) is 13.4. The van der Waals surface area contributed by atoms with Gasteiger partial charge in [0, 0.05) is 56.0 Å². The Balaban J connectivity index is 1.28. The maximum Gasteiger partial charge on any atom is 0.163 e. The number of benzene rings is 9. The molecule has 0 atom stereocenters. The molecule has 2 N–H and O–H groups in total. The Morgan fingerprint density at radius 3 is 1.33 bits per heavy atom. The minimum atomic E-state index is -2.83. The second-order valence-electron chi connectivity index (χ2n) is 13.6. The summed E-state index contributed by atoms with van der Waals surface area (Å²) in [6, 6.07) is 63.2. The third-order valence-electron chi connectivity index (χ3n) is 10.8. The van der Waals surface area contributed by atoms with Crippen LogP contribution in [0.3, 0.4) is 0 Å². The van der Waals surface area contributed by atoms with Crippen molar-refractivity contribution in [3.63, 3.8) is 0 Å². The first kappa shape index (κ1) is 29.9. The number of amidine groups is 1. The van der Waals surface area contributed by atoms with Gasteiger partial charge < -0.3 is 0 Å². The molecule has 11 rings (SSSR count). The number of hydrogen-bond acceptors (Lipinski definition) is 1. The summed E-state index contributed by atoms with van der Waals surface area (Å²) in [5.74, 6) is 0.711. The monoisotopic (exact) mass is 699 g/mol. The van der Waals surface area contributed by atoms with Gasteiger partial charge in [-0.05, 0) is 55.2 Å². The van der Waals surface area contributed by atoms with Crippen molar-refractivity contribution in [3.05, 3.63) is 181 Å². The van der Waals surface area contributed by atoms with E-state index in [1.54, 1.807) is 0 Å². The largest absolute Gasteiger partial charge is 0.290 e. The molecular formula is C47H31N3P2. The standard InChI is InChI=1S/C47H31N3P2/c48-52(41-28-24-32-14-6-10-20-37(32)45(41)46-38-21-11-7-15-33(38)25-29-42(46)52)50-47(34-16-2-1-3-17-34)49-51-39-26-22-30-12-4-8-18-35(30)43(39)44-36-19-9-5-13-31(36)23-27-40(44)51/h1-29H,48H2/b49-47-. The molecule has 0 radical (unpaired) electrons. The molecule has 0 saturated carbocycles. The van der Waals surface area contributed by atoms with Crippen LogP contribution in [-0.2, 0) is 0 Å². The van der Waals surface area contributed by atoms with Gasteiger partial charge in [-0.25, -0.2) is 9.51 Å². The molecule has 1 aliphatic heterocycles. The first-order valence-corrected chi connectivity index (χ1v) is 20.7. The molecule has 1 aliphatic rings. The zero-order valence-electron chi connectivity index (χ0n) is 28.1. The zero-order valence-corrected chi connectivity index (χ0v) is 29.9. The van der Waals surface area contributed by atoms with Crippen molar-refractivity contribution in [1.82, 2.24) is 0 Å². The van der Waals surface area contributed by atoms with Crippen LogP contribution < -0.4 is 16.1 Å². The summed E-state index contributed by atoms with van der Waals surface area (Å²) in [5, 5.41) is 17.1. The highest BCUT2D eigenvalue weighted by Crippen LogP contribution is 2.56. The van der Waals surface area contributed by atoms with Crippen LogP contribution >= 0.6 is 14.9 Å². The SMILES string of the molecule is NP1(=N/C(=N\p2c3ccc4ccccc4c3c3c4ccccc4ccc32)c2ccccc2)c2ccc3ccccc3c2-c2c1ccc1ccccc21. The maximum atomic E-state index is 7.89. The highest BCUT2D eigenvalue weighted by molar-refractivity contribution is 7.80. The van der Waals surface area contributed by atoms with Gasteiger partial charge in [0.2, 0.25) is 0 Å². The number of rotatable bonds is 2. The van der Waals surface area contributed by atoms with E-state index in [0.717, 1.165) is 16.2 Å². The lowest BCUT2D eigenvalue weighted by atomic mass is 9.94. The number of hydrogen-bond donors (Lipinski definition) is 1. The molecule has 0 unspecified atom stereocenters. The van der Waals surface area contributed by atoms with E-state index in [4.69, 9.17) is 15.0 Å². The van der Waals surface area contributed by atoms with E-state index in [-0.39, 0.29) is 0 Å². The van der Waals surface area contributed by atoms with Crippen molar-refractivity contribution in [2.24, 2.45) is 15.0 Å². The van der Waals surface area contributed by atoms with Gasteiger partial charge in [0.25, 0.3) is 0 Å². The van der Waals surface area contributed by atoms with E-state index in [9.17, 15) is 0 Å². The Hall–Kier alpha value is -5.82. The highest BCUT2D eigenvalue weighted by Gasteiger charge is 2.36. The Kier molecular flexibility index (Phi) is 6.51. The molecule has 0 bridgehead atoms. The average molecular weight is 700 g/mol. The number of fused-ring (bicyclic) bond motifs is 14. The fraction of sp³-hybridized carbons (Fsp3) is 0. The number of nitrogens with two attached hydrogens (primary N) is 1. The summed E-state index contributed by atoms with van der Waals surface area (Å²) in [7, 11) is -3.99. The van der Waals surface area contributed by atoms with Crippen molar-refractivity contribution in [1.29, 1.82) is 0 Å². The second kappa shape index (κ2) is 11.3. The molecule has 0 fully saturated rings. The summed E-state index contributed by atoms with van der Waals surface area (Å²) < 4.78 is 11.5. The van der Waals surface area contributed by atoms with Gasteiger partial charge in [-0.15, -0.1) is 0 Å². The molecule has 0 spiro atoms. The first-order valence-electron chi connectivity index (χ1n) is 17.6. The maximum absolute atomic E-state index is 7.89. The van der Waals surface area contributed by atoms with Crippen molar-refractivity contribution < 1.29 is 0 Å². The summed E-state index contributed by atoms with van der Waals surface area (Å²) in [6.45, 7) is 0. The van der Waals surface area contributed by atoms with Gasteiger partial charge in [-0.2, -0.15) is 0 Å². The topological polar surface area (TPSA) is 50.7 Å². The molecule has 3 nitrogen and oxygen atoms in total. The van der Waals surface area contributed by atoms with Crippen LogP contribution in [0.2, 0.25) is 0 Å². The molecule has 244 valence electrons. The molecule has 0 aliphatic carbocycles. The van der Waals surface area contributed by atoms with E-state index in [1.165, 1.54) is 75.2 Å². The molecule has 0 saturated heterocycles. The van der Waals surface area contributed by atoms with Gasteiger partial charge in [-0.1, -0.05) is 164 Å². The van der Waals surface area contributed by atoms with Gasteiger partial charge in [0.05, 0.1) is 7.21 Å². The molecule has 9 aromatic carbocycles. The van der Waals surface area contributed by atoms with E-state index >= 15 is 0 Å². The molecular weight excluding hydrogens is 668 g/mol. The molecule has 5 heteroatoms. The molecule has 52 heavy (non-hydrogen) atoms. The van der Waals surface area contributed by atoms with Crippen molar-refractivity contribution >= 4 is 95.4 Å². The average Bonchev–Trinajstić information content (AvgIpc) is 3.67. The summed E-state index contributed by atoms with van der Waals surface area (Å²) in [4.78, 5) is 0. The Morgan fingerprint density at radius 2 is 0.827 bits per heavy atom. The van der Waals surface area contributed by atoms with Crippen molar-refractivity contribution in [2.75, 3.05) is 0 Å². The smallest absolute Gasteiger partial charge is 0.163 e. The molecule has 1 aromatic heterocycles. The van der Waals surface area contributed by atoms with Crippen molar-refractivity contribution in [2.45, 2.75) is 0 Å².